The molecule has 4 rings (SSSR count). The van der Waals surface area contributed by atoms with Crippen LogP contribution in [0.4, 0.5) is 4.39 Å². The molecule has 0 amide bonds. The number of aromatic nitrogens is 3. The molecule has 10 heteroatoms. The van der Waals surface area contributed by atoms with Gasteiger partial charge in [-0.3, -0.25) is 0 Å². The van der Waals surface area contributed by atoms with E-state index in [1.807, 2.05) is 6.07 Å². The first-order chi connectivity index (χ1) is 16.2. The van der Waals surface area contributed by atoms with Crippen LogP contribution in [0.3, 0.4) is 0 Å². The van der Waals surface area contributed by atoms with E-state index in [2.05, 4.69) is 18.9 Å². The molecule has 176 valence electrons. The first-order valence-corrected chi connectivity index (χ1v) is 12.4. The fourth-order valence-electron chi connectivity index (χ4n) is 3.56. The molecule has 0 atom stereocenters. The number of aryl methyl sites for hydroxylation is 1. The predicted octanol–water partition coefficient (Wildman–Crippen LogP) is 6.97. The molecule has 0 saturated heterocycles. The Bertz CT molecular complexity index is 1380. The molecule has 0 fully saturated rings. The smallest absolute Gasteiger partial charge is 0.355 e. The largest absolute Gasteiger partial charge is 0.496 e. The molecule has 0 saturated carbocycles. The summed E-state index contributed by atoms with van der Waals surface area (Å²) >= 11 is 9.09. The highest BCUT2D eigenvalue weighted by Gasteiger charge is 2.27. The van der Waals surface area contributed by atoms with Crippen molar-refractivity contribution in [1.82, 2.24) is 14.8 Å². The zero-order valence-corrected chi connectivity index (χ0v) is 21.2. The van der Waals surface area contributed by atoms with Gasteiger partial charge in [-0.25, -0.2) is 14.2 Å². The number of carbonyl (C=O) groups is 1. The van der Waals surface area contributed by atoms with Gasteiger partial charge in [0.2, 0.25) is 5.13 Å². The number of carboxylic acid groups (broad SMARTS) is 1. The SMILES string of the molecule is COc1cc(Cl)ccc1-c1nc(-n2nc(C)c(-c3cccc(F)c3)c2C(=O)O)sc1SC(C)C. The number of nitrogens with zero attached hydrogens (tertiary/aromatic N) is 3. The maximum absolute atomic E-state index is 13.9. The van der Waals surface area contributed by atoms with Crippen LogP contribution < -0.4 is 4.74 Å². The summed E-state index contributed by atoms with van der Waals surface area (Å²) in [6.45, 7) is 5.83. The van der Waals surface area contributed by atoms with E-state index in [1.54, 1.807) is 50.1 Å². The monoisotopic (exact) mass is 517 g/mol. The van der Waals surface area contributed by atoms with Crippen LogP contribution in [0.2, 0.25) is 5.02 Å². The van der Waals surface area contributed by atoms with Gasteiger partial charge in [0.25, 0.3) is 0 Å². The molecule has 2 aromatic carbocycles. The van der Waals surface area contributed by atoms with Gasteiger partial charge in [0.05, 0.1) is 17.0 Å². The Morgan fingerprint density at radius 3 is 2.68 bits per heavy atom. The lowest BCUT2D eigenvalue weighted by Gasteiger charge is -2.09. The summed E-state index contributed by atoms with van der Waals surface area (Å²) in [5, 5.41) is 15.8. The quantitative estimate of drug-likeness (QED) is 0.267. The molecule has 34 heavy (non-hydrogen) atoms. The van der Waals surface area contributed by atoms with E-state index in [0.717, 1.165) is 9.77 Å². The number of ether oxygens (including phenoxy) is 1. The molecule has 2 heterocycles. The van der Waals surface area contributed by atoms with Crippen molar-refractivity contribution >= 4 is 40.7 Å². The van der Waals surface area contributed by atoms with Crippen LogP contribution in [0.15, 0.2) is 46.7 Å². The van der Waals surface area contributed by atoms with Crippen LogP contribution >= 0.6 is 34.7 Å². The van der Waals surface area contributed by atoms with Crippen molar-refractivity contribution in [2.75, 3.05) is 7.11 Å². The summed E-state index contributed by atoms with van der Waals surface area (Å²) in [6.07, 6.45) is 0. The number of carboxylic acids is 1. The molecular weight excluding hydrogens is 497 g/mol. The van der Waals surface area contributed by atoms with Gasteiger partial charge in [-0.15, -0.1) is 11.8 Å². The number of halogens is 2. The summed E-state index contributed by atoms with van der Waals surface area (Å²) in [5.74, 6) is -1.08. The molecule has 0 aliphatic carbocycles. The van der Waals surface area contributed by atoms with Gasteiger partial charge < -0.3 is 9.84 Å². The molecular formula is C24H21ClFN3O3S2. The van der Waals surface area contributed by atoms with Crippen LogP contribution in [-0.4, -0.2) is 38.2 Å². The average Bonchev–Trinajstić information content (AvgIpc) is 3.34. The van der Waals surface area contributed by atoms with Crippen molar-refractivity contribution in [2.24, 2.45) is 0 Å². The van der Waals surface area contributed by atoms with E-state index < -0.39 is 11.8 Å². The van der Waals surface area contributed by atoms with Gasteiger partial charge in [-0.2, -0.15) is 9.78 Å². The molecule has 4 aromatic rings. The number of methoxy groups -OCH3 is 1. The summed E-state index contributed by atoms with van der Waals surface area (Å²) in [7, 11) is 1.56. The standard InChI is InChI=1S/C24H21ClFN3O3S2/c1-12(2)33-23-20(17-9-8-15(25)11-18(17)32-4)27-24(34-23)29-21(22(30)31)19(13(3)28-29)14-6-5-7-16(26)10-14/h5-12H,1-4H3,(H,30,31). The number of hydrogen-bond acceptors (Lipinski definition) is 6. The first-order valence-electron chi connectivity index (χ1n) is 10.3. The number of hydrogen-bond donors (Lipinski definition) is 1. The number of aromatic carboxylic acids is 1. The number of rotatable bonds is 7. The summed E-state index contributed by atoms with van der Waals surface area (Å²) in [4.78, 5) is 17.1. The van der Waals surface area contributed by atoms with E-state index in [4.69, 9.17) is 21.3 Å². The van der Waals surface area contributed by atoms with Crippen molar-refractivity contribution in [3.63, 3.8) is 0 Å². The Labute approximate surface area is 209 Å². The van der Waals surface area contributed by atoms with Gasteiger partial charge in [0.15, 0.2) is 5.69 Å². The molecule has 0 unspecified atom stereocenters. The molecule has 2 aromatic heterocycles. The number of thioether (sulfide) groups is 1. The van der Waals surface area contributed by atoms with Gasteiger partial charge in [-0.1, -0.05) is 48.9 Å². The Kier molecular flexibility index (Phi) is 6.97. The highest BCUT2D eigenvalue weighted by molar-refractivity contribution is 8.01. The van der Waals surface area contributed by atoms with Gasteiger partial charge >= 0.3 is 5.97 Å². The van der Waals surface area contributed by atoms with Gasteiger partial charge in [-0.05, 0) is 42.8 Å². The third kappa shape index (κ3) is 4.68. The Morgan fingerprint density at radius 1 is 1.26 bits per heavy atom. The minimum Gasteiger partial charge on any atom is -0.496 e. The normalized spacial score (nSPS) is 11.3. The van der Waals surface area contributed by atoms with E-state index in [-0.39, 0.29) is 10.9 Å². The number of thiazole rings is 1. The number of benzene rings is 2. The van der Waals surface area contributed by atoms with E-state index in [9.17, 15) is 14.3 Å². The fraction of sp³-hybridized carbons (Fsp3) is 0.208. The highest BCUT2D eigenvalue weighted by atomic mass is 35.5. The second kappa shape index (κ2) is 9.77. The summed E-state index contributed by atoms with van der Waals surface area (Å²) in [6, 6.07) is 11.1. The van der Waals surface area contributed by atoms with Crippen molar-refractivity contribution < 1.29 is 19.0 Å². The zero-order valence-electron chi connectivity index (χ0n) is 18.8. The second-order valence-corrected chi connectivity index (χ2v) is 10.9. The molecule has 0 aliphatic rings. The fourth-order valence-corrected chi connectivity index (χ4v) is 6.19. The van der Waals surface area contributed by atoms with Crippen molar-refractivity contribution in [1.29, 1.82) is 0 Å². The van der Waals surface area contributed by atoms with Crippen molar-refractivity contribution in [3.05, 3.63) is 64.7 Å². The summed E-state index contributed by atoms with van der Waals surface area (Å²) < 4.78 is 21.6. The molecule has 0 bridgehead atoms. The first kappa shape index (κ1) is 24.3. The Balaban J connectivity index is 1.94. The topological polar surface area (TPSA) is 77.2 Å². The van der Waals surface area contributed by atoms with Crippen molar-refractivity contribution in [3.8, 4) is 33.3 Å². The van der Waals surface area contributed by atoms with Gasteiger partial charge in [0, 0.05) is 21.4 Å². The van der Waals surface area contributed by atoms with E-state index in [0.29, 0.717) is 38.4 Å². The van der Waals surface area contributed by atoms with Crippen LogP contribution in [0.25, 0.3) is 27.5 Å². The highest BCUT2D eigenvalue weighted by Crippen LogP contribution is 2.44. The molecule has 0 spiro atoms. The zero-order chi connectivity index (χ0) is 24.6. The van der Waals surface area contributed by atoms with E-state index >= 15 is 0 Å². The Hall–Kier alpha value is -2.88. The third-order valence-electron chi connectivity index (χ3n) is 4.90. The molecule has 1 N–H and O–H groups in total. The van der Waals surface area contributed by atoms with Crippen LogP contribution in [0.5, 0.6) is 5.75 Å². The van der Waals surface area contributed by atoms with Gasteiger partial charge in [0.1, 0.15) is 17.3 Å². The maximum Gasteiger partial charge on any atom is 0.355 e. The van der Waals surface area contributed by atoms with Crippen LogP contribution in [-0.2, 0) is 0 Å². The average molecular weight is 518 g/mol. The minimum absolute atomic E-state index is 0.0763. The lowest BCUT2D eigenvalue weighted by atomic mass is 10.0. The van der Waals surface area contributed by atoms with Crippen molar-refractivity contribution in [2.45, 2.75) is 30.2 Å². The summed E-state index contributed by atoms with van der Waals surface area (Å²) in [5.41, 5.74) is 2.57. The lowest BCUT2D eigenvalue weighted by molar-refractivity contribution is 0.0688. The maximum atomic E-state index is 13.9. The predicted molar refractivity (Wildman–Crippen MR) is 134 cm³/mol. The second-order valence-electron chi connectivity index (χ2n) is 7.68. The third-order valence-corrected chi connectivity index (χ3v) is 7.38. The molecule has 0 aliphatic heterocycles. The lowest BCUT2D eigenvalue weighted by Crippen LogP contribution is -2.09. The van der Waals surface area contributed by atoms with Crippen LogP contribution in [0, 0.1) is 12.7 Å². The molecule has 0 radical (unpaired) electrons. The Morgan fingerprint density at radius 2 is 2.03 bits per heavy atom. The van der Waals surface area contributed by atoms with E-state index in [1.165, 1.54) is 28.2 Å². The van der Waals surface area contributed by atoms with Crippen LogP contribution in [0.1, 0.15) is 30.0 Å². The minimum atomic E-state index is -1.18. The molecule has 6 nitrogen and oxygen atoms in total.